The van der Waals surface area contributed by atoms with Crippen LogP contribution in [0.5, 0.6) is 0 Å². The zero-order valence-electron chi connectivity index (χ0n) is 9.38. The van der Waals surface area contributed by atoms with Gasteiger partial charge in [-0.15, -0.1) is 11.6 Å². The van der Waals surface area contributed by atoms with Crippen LogP contribution in [-0.4, -0.2) is 31.3 Å². The minimum absolute atomic E-state index is 0.105. The van der Waals surface area contributed by atoms with Gasteiger partial charge in [-0.2, -0.15) is 0 Å². The monoisotopic (exact) mass is 220 g/mol. The summed E-state index contributed by atoms with van der Waals surface area (Å²) in [5.41, 5.74) is -0.105. The van der Waals surface area contributed by atoms with Crippen molar-refractivity contribution in [2.45, 2.75) is 44.8 Å². The van der Waals surface area contributed by atoms with E-state index in [0.29, 0.717) is 11.8 Å². The SMILES string of the molecule is COC(C)(C)CC1OCCCC1CCl. The normalized spacial score (nSPS) is 29.1. The van der Waals surface area contributed by atoms with Crippen molar-refractivity contribution in [2.24, 2.45) is 5.92 Å². The van der Waals surface area contributed by atoms with Crippen molar-refractivity contribution in [3.8, 4) is 0 Å². The predicted octanol–water partition coefficient (Wildman–Crippen LogP) is 2.84. The van der Waals surface area contributed by atoms with E-state index in [1.165, 1.54) is 6.42 Å². The van der Waals surface area contributed by atoms with Crippen LogP contribution in [0.25, 0.3) is 0 Å². The van der Waals surface area contributed by atoms with Gasteiger partial charge in [-0.3, -0.25) is 0 Å². The Kier molecular flexibility index (Phi) is 4.68. The lowest BCUT2D eigenvalue weighted by molar-refractivity contribution is -0.0794. The summed E-state index contributed by atoms with van der Waals surface area (Å²) in [7, 11) is 1.75. The first-order valence-electron chi connectivity index (χ1n) is 5.32. The van der Waals surface area contributed by atoms with Gasteiger partial charge in [0.2, 0.25) is 0 Å². The van der Waals surface area contributed by atoms with Gasteiger partial charge in [-0.25, -0.2) is 0 Å². The minimum atomic E-state index is -0.105. The van der Waals surface area contributed by atoms with Gasteiger partial charge in [0.25, 0.3) is 0 Å². The Balaban J connectivity index is 2.48. The molecule has 0 bridgehead atoms. The smallest absolute Gasteiger partial charge is 0.0647 e. The van der Waals surface area contributed by atoms with Crippen molar-refractivity contribution in [1.82, 2.24) is 0 Å². The van der Waals surface area contributed by atoms with E-state index >= 15 is 0 Å². The molecular weight excluding hydrogens is 200 g/mol. The lowest BCUT2D eigenvalue weighted by atomic mass is 9.88. The van der Waals surface area contributed by atoms with Crippen LogP contribution in [0, 0.1) is 5.92 Å². The Labute approximate surface area is 91.9 Å². The molecule has 84 valence electrons. The highest BCUT2D eigenvalue weighted by Crippen LogP contribution is 2.29. The highest BCUT2D eigenvalue weighted by Gasteiger charge is 2.31. The van der Waals surface area contributed by atoms with Crippen LogP contribution in [0.1, 0.15) is 33.1 Å². The zero-order valence-corrected chi connectivity index (χ0v) is 10.1. The third-order valence-corrected chi connectivity index (χ3v) is 3.42. The van der Waals surface area contributed by atoms with Gasteiger partial charge in [0.15, 0.2) is 0 Å². The van der Waals surface area contributed by atoms with Gasteiger partial charge in [-0.1, -0.05) is 0 Å². The second-order valence-electron chi connectivity index (χ2n) is 4.63. The van der Waals surface area contributed by atoms with Crippen molar-refractivity contribution < 1.29 is 9.47 Å². The number of halogens is 1. The molecule has 0 aliphatic carbocycles. The molecule has 2 unspecified atom stereocenters. The summed E-state index contributed by atoms with van der Waals surface area (Å²) in [6, 6.07) is 0. The van der Waals surface area contributed by atoms with Crippen molar-refractivity contribution in [3.63, 3.8) is 0 Å². The summed E-state index contributed by atoms with van der Waals surface area (Å²) in [6.07, 6.45) is 3.53. The van der Waals surface area contributed by atoms with Crippen LogP contribution in [-0.2, 0) is 9.47 Å². The molecule has 0 spiro atoms. The van der Waals surface area contributed by atoms with Crippen LogP contribution < -0.4 is 0 Å². The molecule has 1 heterocycles. The number of hydrogen-bond acceptors (Lipinski definition) is 2. The van der Waals surface area contributed by atoms with Gasteiger partial charge in [0.05, 0.1) is 11.7 Å². The highest BCUT2D eigenvalue weighted by molar-refractivity contribution is 6.18. The Hall–Kier alpha value is 0.210. The van der Waals surface area contributed by atoms with E-state index in [1.54, 1.807) is 7.11 Å². The molecule has 0 aromatic rings. The quantitative estimate of drug-likeness (QED) is 0.679. The second kappa shape index (κ2) is 5.34. The zero-order chi connectivity index (χ0) is 10.6. The van der Waals surface area contributed by atoms with E-state index in [0.717, 1.165) is 19.4 Å². The predicted molar refractivity (Wildman–Crippen MR) is 58.9 cm³/mol. The van der Waals surface area contributed by atoms with Gasteiger partial charge in [-0.05, 0) is 32.6 Å². The molecule has 0 aromatic carbocycles. The van der Waals surface area contributed by atoms with Gasteiger partial charge in [0.1, 0.15) is 0 Å². The van der Waals surface area contributed by atoms with Gasteiger partial charge in [0, 0.05) is 26.0 Å². The fourth-order valence-electron chi connectivity index (χ4n) is 1.87. The minimum Gasteiger partial charge on any atom is -0.379 e. The van der Waals surface area contributed by atoms with Crippen molar-refractivity contribution >= 4 is 11.6 Å². The number of alkyl halides is 1. The number of ether oxygens (including phenoxy) is 2. The molecule has 14 heavy (non-hydrogen) atoms. The maximum atomic E-state index is 5.93. The molecule has 0 aromatic heterocycles. The van der Waals surface area contributed by atoms with Crippen LogP contribution in [0.15, 0.2) is 0 Å². The Morgan fingerprint density at radius 1 is 1.50 bits per heavy atom. The first-order chi connectivity index (χ1) is 6.59. The largest absolute Gasteiger partial charge is 0.379 e. The van der Waals surface area contributed by atoms with Crippen molar-refractivity contribution in [3.05, 3.63) is 0 Å². The fourth-order valence-corrected chi connectivity index (χ4v) is 2.23. The van der Waals surface area contributed by atoms with Crippen LogP contribution in [0.3, 0.4) is 0 Å². The third-order valence-electron chi connectivity index (χ3n) is 3.02. The number of methoxy groups -OCH3 is 1. The molecule has 1 aliphatic rings. The first kappa shape index (κ1) is 12.3. The summed E-state index contributed by atoms with van der Waals surface area (Å²) >= 11 is 5.93. The lowest BCUT2D eigenvalue weighted by Crippen LogP contribution is -2.38. The molecule has 0 saturated carbocycles. The summed E-state index contributed by atoms with van der Waals surface area (Å²) in [5.74, 6) is 1.20. The second-order valence-corrected chi connectivity index (χ2v) is 4.94. The molecule has 0 N–H and O–H groups in total. The van der Waals surface area contributed by atoms with Crippen molar-refractivity contribution in [1.29, 1.82) is 0 Å². The van der Waals surface area contributed by atoms with E-state index in [4.69, 9.17) is 21.1 Å². The van der Waals surface area contributed by atoms with Gasteiger partial charge >= 0.3 is 0 Å². The Bertz CT molecular complexity index is 171. The molecule has 1 fully saturated rings. The average molecular weight is 221 g/mol. The molecule has 2 atom stereocenters. The van der Waals surface area contributed by atoms with E-state index in [1.807, 2.05) is 0 Å². The van der Waals surface area contributed by atoms with E-state index < -0.39 is 0 Å². The van der Waals surface area contributed by atoms with Crippen molar-refractivity contribution in [2.75, 3.05) is 19.6 Å². The summed E-state index contributed by atoms with van der Waals surface area (Å²) in [6.45, 7) is 5.06. The van der Waals surface area contributed by atoms with Crippen LogP contribution in [0.4, 0.5) is 0 Å². The molecule has 1 aliphatic heterocycles. The van der Waals surface area contributed by atoms with Gasteiger partial charge < -0.3 is 9.47 Å². The molecule has 0 amide bonds. The average Bonchev–Trinajstić information content (AvgIpc) is 2.18. The molecular formula is C11H21ClO2. The highest BCUT2D eigenvalue weighted by atomic mass is 35.5. The van der Waals surface area contributed by atoms with E-state index in [2.05, 4.69) is 13.8 Å². The Morgan fingerprint density at radius 2 is 2.21 bits per heavy atom. The first-order valence-corrected chi connectivity index (χ1v) is 5.85. The van der Waals surface area contributed by atoms with E-state index in [9.17, 15) is 0 Å². The Morgan fingerprint density at radius 3 is 2.79 bits per heavy atom. The summed E-state index contributed by atoms with van der Waals surface area (Å²) in [4.78, 5) is 0. The summed E-state index contributed by atoms with van der Waals surface area (Å²) in [5, 5.41) is 0. The fraction of sp³-hybridized carbons (Fsp3) is 1.00. The van der Waals surface area contributed by atoms with Crippen LogP contribution >= 0.6 is 11.6 Å². The van der Waals surface area contributed by atoms with E-state index in [-0.39, 0.29) is 11.7 Å². The standard InChI is InChI=1S/C11H21ClO2/c1-11(2,13-3)7-10-9(8-12)5-4-6-14-10/h9-10H,4-8H2,1-3H3. The lowest BCUT2D eigenvalue weighted by Gasteiger charge is -2.35. The molecule has 0 radical (unpaired) electrons. The topological polar surface area (TPSA) is 18.5 Å². The number of rotatable bonds is 4. The molecule has 1 rings (SSSR count). The summed E-state index contributed by atoms with van der Waals surface area (Å²) < 4.78 is 11.2. The maximum Gasteiger partial charge on any atom is 0.0647 e. The molecule has 3 heteroatoms. The number of hydrogen-bond donors (Lipinski definition) is 0. The molecule has 2 nitrogen and oxygen atoms in total. The maximum absolute atomic E-state index is 5.93. The third kappa shape index (κ3) is 3.41. The molecule has 1 saturated heterocycles. The van der Waals surface area contributed by atoms with Crippen LogP contribution in [0.2, 0.25) is 0 Å².